The molecule has 0 saturated heterocycles. The third-order valence-electron chi connectivity index (χ3n) is 1.94. The van der Waals surface area contributed by atoms with Crippen molar-refractivity contribution in [3.8, 4) is 17.5 Å². The summed E-state index contributed by atoms with van der Waals surface area (Å²) in [6.07, 6.45) is 3.15. The van der Waals surface area contributed by atoms with E-state index in [4.69, 9.17) is 11.0 Å². The summed E-state index contributed by atoms with van der Waals surface area (Å²) in [7, 11) is 0. The van der Waals surface area contributed by atoms with Gasteiger partial charge in [-0.15, -0.1) is 0 Å². The van der Waals surface area contributed by atoms with Crippen molar-refractivity contribution in [2.75, 3.05) is 5.73 Å². The van der Waals surface area contributed by atoms with Crippen LogP contribution >= 0.6 is 0 Å². The lowest BCUT2D eigenvalue weighted by atomic mass is 10.2. The minimum absolute atomic E-state index is 0.568. The van der Waals surface area contributed by atoms with E-state index in [0.29, 0.717) is 22.6 Å². The topological polar surface area (TPSA) is 75.6 Å². The second-order valence-electron chi connectivity index (χ2n) is 3.02. The van der Waals surface area contributed by atoms with Gasteiger partial charge in [0.25, 0.3) is 0 Å². The number of rotatable bonds is 1. The van der Waals surface area contributed by atoms with Crippen LogP contribution < -0.4 is 5.73 Å². The van der Waals surface area contributed by atoms with E-state index in [9.17, 15) is 0 Å². The summed E-state index contributed by atoms with van der Waals surface area (Å²) < 4.78 is 0. The Morgan fingerprint density at radius 3 is 2.67 bits per heavy atom. The van der Waals surface area contributed by atoms with Gasteiger partial charge in [0.1, 0.15) is 0 Å². The first-order valence-corrected chi connectivity index (χ1v) is 4.37. The van der Waals surface area contributed by atoms with Crippen LogP contribution in [-0.2, 0) is 0 Å². The van der Waals surface area contributed by atoms with Gasteiger partial charge in [0, 0.05) is 6.20 Å². The summed E-state index contributed by atoms with van der Waals surface area (Å²) in [5.74, 6) is 0. The molecule has 4 heteroatoms. The SMILES string of the molecule is N#Cc1ccnc(-c2ccc(N)cn2)c1. The summed E-state index contributed by atoms with van der Waals surface area (Å²) in [5, 5.41) is 8.73. The Morgan fingerprint density at radius 1 is 1.13 bits per heavy atom. The molecule has 2 aromatic heterocycles. The molecule has 2 rings (SSSR count). The van der Waals surface area contributed by atoms with Crippen molar-refractivity contribution in [2.24, 2.45) is 0 Å². The molecular formula is C11H8N4. The molecule has 72 valence electrons. The fraction of sp³-hybridized carbons (Fsp3) is 0. The quantitative estimate of drug-likeness (QED) is 0.751. The van der Waals surface area contributed by atoms with Crippen molar-refractivity contribution >= 4 is 5.69 Å². The summed E-state index contributed by atoms with van der Waals surface area (Å²) in [5.41, 5.74) is 8.08. The third-order valence-corrected chi connectivity index (χ3v) is 1.94. The van der Waals surface area contributed by atoms with Crippen LogP contribution in [0.15, 0.2) is 36.7 Å². The normalized spacial score (nSPS) is 9.53. The second-order valence-corrected chi connectivity index (χ2v) is 3.02. The van der Waals surface area contributed by atoms with Crippen LogP contribution in [-0.4, -0.2) is 9.97 Å². The number of hydrogen-bond acceptors (Lipinski definition) is 4. The number of anilines is 1. The largest absolute Gasteiger partial charge is 0.397 e. The molecule has 0 unspecified atom stereocenters. The maximum absolute atomic E-state index is 8.73. The van der Waals surface area contributed by atoms with E-state index in [2.05, 4.69) is 16.0 Å². The first-order valence-electron chi connectivity index (χ1n) is 4.37. The molecule has 0 aromatic carbocycles. The summed E-state index contributed by atoms with van der Waals surface area (Å²) in [4.78, 5) is 8.26. The average Bonchev–Trinajstić information content (AvgIpc) is 2.30. The zero-order chi connectivity index (χ0) is 10.7. The maximum atomic E-state index is 8.73. The highest BCUT2D eigenvalue weighted by Gasteiger charge is 2.01. The van der Waals surface area contributed by atoms with Crippen LogP contribution in [0.25, 0.3) is 11.4 Å². The Hall–Kier alpha value is -2.41. The Kier molecular flexibility index (Phi) is 2.30. The number of nitrogen functional groups attached to an aromatic ring is 1. The predicted molar refractivity (Wildman–Crippen MR) is 56.6 cm³/mol. The molecule has 0 atom stereocenters. The van der Waals surface area contributed by atoms with Gasteiger partial charge in [0.05, 0.1) is 34.9 Å². The lowest BCUT2D eigenvalue weighted by Crippen LogP contribution is -1.90. The highest BCUT2D eigenvalue weighted by atomic mass is 14.8. The van der Waals surface area contributed by atoms with Crippen LogP contribution in [0.2, 0.25) is 0 Å². The summed E-state index contributed by atoms with van der Waals surface area (Å²) in [6.45, 7) is 0. The van der Waals surface area contributed by atoms with Gasteiger partial charge < -0.3 is 5.73 Å². The van der Waals surface area contributed by atoms with Crippen molar-refractivity contribution < 1.29 is 0 Å². The molecule has 0 fully saturated rings. The number of pyridine rings is 2. The van der Waals surface area contributed by atoms with Gasteiger partial charge in [-0.2, -0.15) is 5.26 Å². The number of hydrogen-bond donors (Lipinski definition) is 1. The fourth-order valence-corrected chi connectivity index (χ4v) is 1.20. The van der Waals surface area contributed by atoms with E-state index in [-0.39, 0.29) is 0 Å². The van der Waals surface area contributed by atoms with Gasteiger partial charge in [0.15, 0.2) is 0 Å². The molecule has 0 bridgehead atoms. The zero-order valence-electron chi connectivity index (χ0n) is 7.88. The van der Waals surface area contributed by atoms with Crippen LogP contribution in [0.1, 0.15) is 5.56 Å². The summed E-state index contributed by atoms with van der Waals surface area (Å²) in [6, 6.07) is 8.93. The van der Waals surface area contributed by atoms with E-state index in [1.165, 1.54) is 0 Å². The molecule has 2 heterocycles. The zero-order valence-corrected chi connectivity index (χ0v) is 7.88. The lowest BCUT2D eigenvalue weighted by Gasteiger charge is -1.99. The van der Waals surface area contributed by atoms with E-state index >= 15 is 0 Å². The Labute approximate surface area is 87.0 Å². The van der Waals surface area contributed by atoms with Gasteiger partial charge in [-0.05, 0) is 24.3 Å². The number of nitriles is 1. The van der Waals surface area contributed by atoms with Crippen LogP contribution in [0.3, 0.4) is 0 Å². The van der Waals surface area contributed by atoms with Crippen molar-refractivity contribution in [3.63, 3.8) is 0 Å². The average molecular weight is 196 g/mol. The lowest BCUT2D eigenvalue weighted by molar-refractivity contribution is 1.24. The molecule has 0 aliphatic carbocycles. The molecule has 0 saturated carbocycles. The van der Waals surface area contributed by atoms with Crippen LogP contribution in [0.4, 0.5) is 5.69 Å². The minimum Gasteiger partial charge on any atom is -0.397 e. The van der Waals surface area contributed by atoms with Crippen LogP contribution in [0.5, 0.6) is 0 Å². The van der Waals surface area contributed by atoms with Crippen molar-refractivity contribution in [1.29, 1.82) is 5.26 Å². The molecule has 0 radical (unpaired) electrons. The molecule has 0 aliphatic rings. The maximum Gasteiger partial charge on any atom is 0.0992 e. The molecule has 2 aromatic rings. The van der Waals surface area contributed by atoms with Gasteiger partial charge in [0.2, 0.25) is 0 Å². The fourth-order valence-electron chi connectivity index (χ4n) is 1.20. The van der Waals surface area contributed by atoms with Gasteiger partial charge in [-0.3, -0.25) is 9.97 Å². The minimum atomic E-state index is 0.568. The Bertz CT molecular complexity index is 511. The molecule has 4 nitrogen and oxygen atoms in total. The van der Waals surface area contributed by atoms with E-state index < -0.39 is 0 Å². The Balaban J connectivity index is 2.46. The highest BCUT2D eigenvalue weighted by Crippen LogP contribution is 2.15. The van der Waals surface area contributed by atoms with Gasteiger partial charge >= 0.3 is 0 Å². The molecule has 0 aliphatic heterocycles. The molecule has 0 spiro atoms. The monoisotopic (exact) mass is 196 g/mol. The number of nitrogens with zero attached hydrogens (tertiary/aromatic N) is 3. The second kappa shape index (κ2) is 3.76. The molecule has 15 heavy (non-hydrogen) atoms. The standard InChI is InChI=1S/C11H8N4/c12-6-8-3-4-14-11(5-8)10-2-1-9(13)7-15-10/h1-5,7H,13H2. The van der Waals surface area contributed by atoms with E-state index in [1.807, 2.05) is 0 Å². The summed E-state index contributed by atoms with van der Waals surface area (Å²) >= 11 is 0. The molecule has 0 amide bonds. The molecular weight excluding hydrogens is 188 g/mol. The predicted octanol–water partition coefficient (Wildman–Crippen LogP) is 1.60. The van der Waals surface area contributed by atoms with E-state index in [0.717, 1.165) is 0 Å². The van der Waals surface area contributed by atoms with Gasteiger partial charge in [-0.1, -0.05) is 0 Å². The van der Waals surface area contributed by atoms with Gasteiger partial charge in [-0.25, -0.2) is 0 Å². The molecule has 2 N–H and O–H groups in total. The smallest absolute Gasteiger partial charge is 0.0992 e. The highest BCUT2D eigenvalue weighted by molar-refractivity contribution is 5.57. The van der Waals surface area contributed by atoms with E-state index in [1.54, 1.807) is 36.7 Å². The first-order chi connectivity index (χ1) is 7.29. The van der Waals surface area contributed by atoms with Crippen molar-refractivity contribution in [3.05, 3.63) is 42.2 Å². The van der Waals surface area contributed by atoms with Crippen molar-refractivity contribution in [1.82, 2.24) is 9.97 Å². The van der Waals surface area contributed by atoms with Crippen LogP contribution in [0, 0.1) is 11.3 Å². The third kappa shape index (κ3) is 1.92. The Morgan fingerprint density at radius 2 is 2.00 bits per heavy atom. The first kappa shape index (κ1) is 9.16. The number of aromatic nitrogens is 2. The van der Waals surface area contributed by atoms with Crippen molar-refractivity contribution in [2.45, 2.75) is 0 Å². The number of nitrogens with two attached hydrogens (primary N) is 1.